The molecule has 0 atom stereocenters. The van der Waals surface area contributed by atoms with Crippen LogP contribution in [0.5, 0.6) is 5.75 Å². The molecule has 88 valence electrons. The normalized spacial score (nSPS) is 11.6. The molecule has 0 spiro atoms. The lowest BCUT2D eigenvalue weighted by atomic mass is 10.2. The highest BCUT2D eigenvalue weighted by atomic mass is 35.5. The molecule has 1 aromatic carbocycles. The van der Waals surface area contributed by atoms with Crippen LogP contribution in [-0.4, -0.2) is 13.2 Å². The Labute approximate surface area is 106 Å². The highest BCUT2D eigenvalue weighted by Gasteiger charge is 1.97. The SMILES string of the molecule is CCOc1cccc(CNCC(Cl)=CCl)c1. The van der Waals surface area contributed by atoms with Crippen LogP contribution in [0.2, 0.25) is 0 Å². The van der Waals surface area contributed by atoms with Gasteiger partial charge in [0.2, 0.25) is 0 Å². The molecule has 16 heavy (non-hydrogen) atoms. The summed E-state index contributed by atoms with van der Waals surface area (Å²) < 4.78 is 5.41. The van der Waals surface area contributed by atoms with Crippen molar-refractivity contribution in [3.8, 4) is 5.75 Å². The van der Waals surface area contributed by atoms with E-state index >= 15 is 0 Å². The molecule has 0 heterocycles. The number of rotatable bonds is 6. The van der Waals surface area contributed by atoms with Crippen molar-refractivity contribution in [1.82, 2.24) is 5.32 Å². The van der Waals surface area contributed by atoms with Crippen molar-refractivity contribution < 1.29 is 4.74 Å². The first-order valence-electron chi connectivity index (χ1n) is 5.13. The Kier molecular flexibility index (Phi) is 6.31. The van der Waals surface area contributed by atoms with Crippen molar-refractivity contribution >= 4 is 23.2 Å². The van der Waals surface area contributed by atoms with Gasteiger partial charge in [-0.05, 0) is 24.6 Å². The minimum atomic E-state index is 0.573. The standard InChI is InChI=1S/C12H15Cl2NO/c1-2-16-12-5-3-4-10(6-12)8-15-9-11(14)7-13/h3-7,15H,2,8-9H2,1H3. The predicted molar refractivity (Wildman–Crippen MR) is 69.1 cm³/mol. The third kappa shape index (κ3) is 4.88. The van der Waals surface area contributed by atoms with Crippen LogP contribution in [0, 0.1) is 0 Å². The van der Waals surface area contributed by atoms with Crippen molar-refractivity contribution in [2.75, 3.05) is 13.2 Å². The quantitative estimate of drug-likeness (QED) is 0.845. The van der Waals surface area contributed by atoms with E-state index < -0.39 is 0 Å². The van der Waals surface area contributed by atoms with Crippen LogP contribution >= 0.6 is 23.2 Å². The first kappa shape index (κ1) is 13.4. The summed E-state index contributed by atoms with van der Waals surface area (Å²) in [6, 6.07) is 7.96. The van der Waals surface area contributed by atoms with Crippen molar-refractivity contribution in [2.24, 2.45) is 0 Å². The topological polar surface area (TPSA) is 21.3 Å². The van der Waals surface area contributed by atoms with Gasteiger partial charge in [-0.15, -0.1) is 0 Å². The Morgan fingerprint density at radius 3 is 3.00 bits per heavy atom. The molecule has 0 saturated heterocycles. The number of hydrogen-bond donors (Lipinski definition) is 1. The average Bonchev–Trinajstić information content (AvgIpc) is 2.30. The van der Waals surface area contributed by atoms with Gasteiger partial charge in [0.25, 0.3) is 0 Å². The summed E-state index contributed by atoms with van der Waals surface area (Å²) >= 11 is 11.2. The van der Waals surface area contributed by atoms with Gasteiger partial charge < -0.3 is 10.1 Å². The first-order valence-corrected chi connectivity index (χ1v) is 5.95. The van der Waals surface area contributed by atoms with Crippen LogP contribution in [0.3, 0.4) is 0 Å². The molecule has 1 rings (SSSR count). The Morgan fingerprint density at radius 2 is 2.31 bits per heavy atom. The maximum Gasteiger partial charge on any atom is 0.119 e. The second-order valence-corrected chi connectivity index (χ2v) is 3.94. The third-order valence-corrected chi connectivity index (χ3v) is 2.57. The van der Waals surface area contributed by atoms with Crippen molar-refractivity contribution in [1.29, 1.82) is 0 Å². The van der Waals surface area contributed by atoms with Gasteiger partial charge >= 0.3 is 0 Å². The lowest BCUT2D eigenvalue weighted by Gasteiger charge is -2.07. The van der Waals surface area contributed by atoms with Crippen LogP contribution in [-0.2, 0) is 6.54 Å². The molecular formula is C12H15Cl2NO. The Balaban J connectivity index is 2.44. The zero-order valence-corrected chi connectivity index (χ0v) is 10.7. The molecule has 0 radical (unpaired) electrons. The maximum absolute atomic E-state index is 5.75. The van der Waals surface area contributed by atoms with Gasteiger partial charge in [0.15, 0.2) is 0 Å². The van der Waals surface area contributed by atoms with E-state index in [0.29, 0.717) is 18.2 Å². The number of halogens is 2. The third-order valence-electron chi connectivity index (χ3n) is 1.95. The van der Waals surface area contributed by atoms with Crippen LogP contribution in [0.1, 0.15) is 12.5 Å². The Hall–Kier alpha value is -0.700. The molecule has 0 aliphatic carbocycles. The minimum absolute atomic E-state index is 0.573. The zero-order chi connectivity index (χ0) is 11.8. The largest absolute Gasteiger partial charge is 0.494 e. The van der Waals surface area contributed by atoms with Gasteiger partial charge in [-0.1, -0.05) is 35.3 Å². The summed E-state index contributed by atoms with van der Waals surface area (Å²) in [5.74, 6) is 0.890. The number of ether oxygens (including phenoxy) is 1. The highest BCUT2D eigenvalue weighted by Crippen LogP contribution is 2.13. The molecule has 0 aliphatic rings. The van der Waals surface area contributed by atoms with E-state index in [1.807, 2.05) is 31.2 Å². The average molecular weight is 260 g/mol. The van der Waals surface area contributed by atoms with Crippen LogP contribution in [0.15, 0.2) is 34.8 Å². The van der Waals surface area contributed by atoms with E-state index in [1.54, 1.807) is 0 Å². The van der Waals surface area contributed by atoms with E-state index in [2.05, 4.69) is 5.32 Å². The molecule has 4 heteroatoms. The fraction of sp³-hybridized carbons (Fsp3) is 0.333. The monoisotopic (exact) mass is 259 g/mol. The fourth-order valence-electron chi connectivity index (χ4n) is 1.28. The lowest BCUT2D eigenvalue weighted by molar-refractivity contribution is 0.340. The molecule has 0 unspecified atom stereocenters. The molecule has 1 aromatic rings. The fourth-order valence-corrected chi connectivity index (χ4v) is 1.45. The second kappa shape index (κ2) is 7.55. The second-order valence-electron chi connectivity index (χ2n) is 3.24. The molecule has 0 aromatic heterocycles. The van der Waals surface area contributed by atoms with Crippen molar-refractivity contribution in [3.63, 3.8) is 0 Å². The predicted octanol–water partition coefficient (Wildman–Crippen LogP) is 3.49. The number of benzene rings is 1. The summed E-state index contributed by atoms with van der Waals surface area (Å²) in [5.41, 5.74) is 2.52. The Morgan fingerprint density at radius 1 is 1.50 bits per heavy atom. The van der Waals surface area contributed by atoms with Crippen LogP contribution in [0.4, 0.5) is 0 Å². The minimum Gasteiger partial charge on any atom is -0.494 e. The molecule has 0 bridgehead atoms. The smallest absolute Gasteiger partial charge is 0.119 e. The number of hydrogen-bond acceptors (Lipinski definition) is 2. The summed E-state index contributed by atoms with van der Waals surface area (Å²) in [6.07, 6.45) is 0. The van der Waals surface area contributed by atoms with Crippen molar-refractivity contribution in [3.05, 3.63) is 40.4 Å². The highest BCUT2D eigenvalue weighted by molar-refractivity contribution is 6.36. The van der Waals surface area contributed by atoms with Gasteiger partial charge in [-0.2, -0.15) is 0 Å². The van der Waals surface area contributed by atoms with Crippen molar-refractivity contribution in [2.45, 2.75) is 13.5 Å². The molecular weight excluding hydrogens is 245 g/mol. The summed E-state index contributed by atoms with van der Waals surface area (Å²) in [4.78, 5) is 0. The zero-order valence-electron chi connectivity index (χ0n) is 9.17. The van der Waals surface area contributed by atoms with Gasteiger partial charge in [-0.3, -0.25) is 0 Å². The molecule has 0 saturated carbocycles. The van der Waals surface area contributed by atoms with E-state index in [1.165, 1.54) is 5.54 Å². The number of nitrogens with one attached hydrogen (secondary N) is 1. The van der Waals surface area contributed by atoms with E-state index in [4.69, 9.17) is 27.9 Å². The van der Waals surface area contributed by atoms with E-state index in [9.17, 15) is 0 Å². The molecule has 0 amide bonds. The molecule has 0 fully saturated rings. The molecule has 1 N–H and O–H groups in total. The van der Waals surface area contributed by atoms with E-state index in [0.717, 1.165) is 17.9 Å². The summed E-state index contributed by atoms with van der Waals surface area (Å²) in [6.45, 7) is 3.96. The Bertz CT molecular complexity index is 353. The first-order chi connectivity index (χ1) is 7.76. The van der Waals surface area contributed by atoms with Crippen LogP contribution < -0.4 is 10.1 Å². The summed E-state index contributed by atoms with van der Waals surface area (Å²) in [7, 11) is 0. The molecule has 0 aliphatic heterocycles. The van der Waals surface area contributed by atoms with Crippen LogP contribution in [0.25, 0.3) is 0 Å². The van der Waals surface area contributed by atoms with Gasteiger partial charge in [0.05, 0.1) is 6.61 Å². The maximum atomic E-state index is 5.75. The van der Waals surface area contributed by atoms with Gasteiger partial charge in [-0.25, -0.2) is 0 Å². The summed E-state index contributed by atoms with van der Waals surface area (Å²) in [5, 5.41) is 3.78. The molecule has 2 nitrogen and oxygen atoms in total. The van der Waals surface area contributed by atoms with Gasteiger partial charge in [0.1, 0.15) is 5.75 Å². The lowest BCUT2D eigenvalue weighted by Crippen LogP contribution is -2.14. The van der Waals surface area contributed by atoms with Gasteiger partial charge in [0, 0.05) is 23.7 Å². The van der Waals surface area contributed by atoms with E-state index in [-0.39, 0.29) is 0 Å².